The van der Waals surface area contributed by atoms with E-state index in [0.29, 0.717) is 9.64 Å². The normalized spacial score (nSPS) is 15.3. The minimum Gasteiger partial charge on any atom is -0.598 e. The van der Waals surface area contributed by atoms with Crippen molar-refractivity contribution in [2.75, 3.05) is 0 Å². The molecule has 31 heavy (non-hydrogen) atoms. The summed E-state index contributed by atoms with van der Waals surface area (Å²) in [7, 11) is 0. The zero-order chi connectivity index (χ0) is 23.6. The Morgan fingerprint density at radius 3 is 2.35 bits per heavy atom. The summed E-state index contributed by atoms with van der Waals surface area (Å²) in [4.78, 5) is 4.14. The molecule has 1 unspecified atom stereocenters. The lowest BCUT2D eigenvalue weighted by molar-refractivity contribution is -0.253. The first-order valence-electron chi connectivity index (χ1n) is 8.60. The van der Waals surface area contributed by atoms with Crippen LogP contribution in [0.3, 0.4) is 0 Å². The maximum absolute atomic E-state index is 14.3. The van der Waals surface area contributed by atoms with Gasteiger partial charge in [0.15, 0.2) is 0 Å². The third-order valence-electron chi connectivity index (χ3n) is 3.89. The number of rotatable bonds is 7. The van der Waals surface area contributed by atoms with E-state index in [-0.39, 0.29) is 11.3 Å². The molecule has 0 aliphatic heterocycles. The molecular weight excluding hydrogens is 556 g/mol. The van der Waals surface area contributed by atoms with Gasteiger partial charge in [-0.2, -0.15) is 22.8 Å². The quantitative estimate of drug-likeness (QED) is 0.290. The van der Waals surface area contributed by atoms with Gasteiger partial charge >= 0.3 is 12.5 Å². The topological polar surface area (TPSA) is 81.0 Å². The molecule has 12 heteroatoms. The van der Waals surface area contributed by atoms with Gasteiger partial charge in [-0.1, -0.05) is 0 Å². The highest BCUT2D eigenvalue weighted by Gasteiger charge is 2.46. The van der Waals surface area contributed by atoms with Crippen LogP contribution in [0.15, 0.2) is 36.5 Å². The monoisotopic (exact) mass is 573 g/mol. The van der Waals surface area contributed by atoms with Crippen molar-refractivity contribution in [2.45, 2.75) is 43.6 Å². The van der Waals surface area contributed by atoms with Gasteiger partial charge in [0, 0.05) is 32.8 Å². The molecule has 2 rings (SSSR count). The number of hydrogen-bond donors (Lipinski definition) is 1. The molecule has 0 aliphatic carbocycles. The number of aromatic nitrogens is 1. The average Bonchev–Trinajstić information content (AvgIpc) is 2.65. The molecule has 168 valence electrons. The summed E-state index contributed by atoms with van der Waals surface area (Å²) in [6.45, 7) is 4.84. The van der Waals surface area contributed by atoms with Gasteiger partial charge in [0.1, 0.15) is 22.4 Å². The van der Waals surface area contributed by atoms with Gasteiger partial charge in [-0.25, -0.2) is 4.39 Å². The number of hydrogen-bond acceptors (Lipinski definition) is 5. The van der Waals surface area contributed by atoms with Crippen molar-refractivity contribution >= 4 is 34.0 Å². The Labute approximate surface area is 192 Å². The second-order valence-electron chi connectivity index (χ2n) is 7.35. The molecule has 0 amide bonds. The summed E-state index contributed by atoms with van der Waals surface area (Å²) in [6, 6.07) is 6.98. The highest BCUT2D eigenvalue weighted by atomic mass is 127. The number of halogens is 6. The molecule has 2 aromatic rings. The van der Waals surface area contributed by atoms with Crippen LogP contribution in [0.1, 0.15) is 32.0 Å². The summed E-state index contributed by atoms with van der Waals surface area (Å²) < 4.78 is 85.3. The first-order chi connectivity index (χ1) is 14.2. The van der Waals surface area contributed by atoms with Gasteiger partial charge in [-0.15, -0.1) is 4.72 Å². The average molecular weight is 573 g/mol. The molecule has 0 spiro atoms. The molecular formula is C19H17F5IN3O2S. The van der Waals surface area contributed by atoms with Crippen molar-refractivity contribution in [2.24, 2.45) is 0 Å². The van der Waals surface area contributed by atoms with E-state index < -0.39 is 45.7 Å². The Hall–Kier alpha value is -1.69. The number of nitrogens with one attached hydrogen (secondary N) is 1. The van der Waals surface area contributed by atoms with E-state index >= 15 is 0 Å². The Morgan fingerprint density at radius 1 is 1.23 bits per heavy atom. The Bertz CT molecular complexity index is 966. The smallest absolute Gasteiger partial charge is 0.461 e. The van der Waals surface area contributed by atoms with Crippen molar-refractivity contribution in [3.05, 3.63) is 57.2 Å². The van der Waals surface area contributed by atoms with Gasteiger partial charge in [0.05, 0.1) is 5.69 Å². The molecule has 1 aromatic carbocycles. The second kappa shape index (κ2) is 9.43. The van der Waals surface area contributed by atoms with E-state index in [9.17, 15) is 31.8 Å². The molecule has 0 radical (unpaired) electrons. The number of nitriles is 1. The molecule has 0 bridgehead atoms. The van der Waals surface area contributed by atoms with Gasteiger partial charge in [-0.05, 0) is 67.6 Å². The number of benzene rings is 1. The molecule has 1 heterocycles. The Morgan fingerprint density at radius 2 is 1.87 bits per heavy atom. The third kappa shape index (κ3) is 5.97. The zero-order valence-corrected chi connectivity index (χ0v) is 19.4. The Balaban J connectivity index is 2.69. The summed E-state index contributed by atoms with van der Waals surface area (Å²) in [5, 5.41) is 10.0. The molecule has 5 nitrogen and oxygen atoms in total. The van der Waals surface area contributed by atoms with Crippen LogP contribution >= 0.6 is 22.6 Å². The van der Waals surface area contributed by atoms with E-state index in [4.69, 9.17) is 0 Å². The predicted molar refractivity (Wildman–Crippen MR) is 112 cm³/mol. The number of nitrogens with zero attached hydrogens (tertiary/aromatic N) is 2. The second-order valence-corrected chi connectivity index (χ2v) is 10.6. The van der Waals surface area contributed by atoms with E-state index in [1.807, 2.05) is 28.7 Å². The van der Waals surface area contributed by atoms with Crippen molar-refractivity contribution in [3.8, 4) is 11.8 Å². The third-order valence-corrected chi connectivity index (χ3v) is 6.14. The number of alkyl halides is 4. The number of ether oxygens (including phenoxy) is 1. The van der Waals surface area contributed by atoms with Crippen LogP contribution in [0.4, 0.5) is 22.0 Å². The fraction of sp³-hybridized carbons (Fsp3) is 0.368. The van der Waals surface area contributed by atoms with Crippen molar-refractivity contribution in [1.29, 1.82) is 5.26 Å². The lowest BCUT2D eigenvalue weighted by atomic mass is 9.88. The standard InChI is InChI=1S/C19H17F5IN3O2S/c1-17(2,3)31(29)28-18(10-26,15-5-4-13(25)9-27-15)11-6-12(20)8-14(7-11)30-19(23,24)16(21)22/h4-9,16,28H,1-3H3/t18?,31-/m0/s1. The van der Waals surface area contributed by atoms with Crippen molar-refractivity contribution in [3.63, 3.8) is 0 Å². The first-order valence-corrected chi connectivity index (χ1v) is 10.8. The van der Waals surface area contributed by atoms with Crippen molar-refractivity contribution < 1.29 is 31.2 Å². The van der Waals surface area contributed by atoms with Crippen LogP contribution < -0.4 is 9.46 Å². The van der Waals surface area contributed by atoms with Gasteiger partial charge < -0.3 is 9.29 Å². The largest absolute Gasteiger partial charge is 0.598 e. The van der Waals surface area contributed by atoms with Gasteiger partial charge in [0.25, 0.3) is 0 Å². The lowest BCUT2D eigenvalue weighted by Crippen LogP contribution is -2.51. The van der Waals surface area contributed by atoms with Crippen LogP contribution in [0.25, 0.3) is 0 Å². The highest BCUT2D eigenvalue weighted by Crippen LogP contribution is 2.36. The molecule has 0 saturated carbocycles. The van der Waals surface area contributed by atoms with Crippen LogP contribution in [-0.4, -0.2) is 26.8 Å². The maximum atomic E-state index is 14.3. The van der Waals surface area contributed by atoms with E-state index in [0.717, 1.165) is 12.1 Å². The maximum Gasteiger partial charge on any atom is 0.461 e. The molecule has 0 saturated heterocycles. The SMILES string of the molecule is CC(C)(C)[S@+]([O-])NC(C#N)(c1cc(F)cc(OC(F)(F)C(F)F)c1)c1ccc(I)cn1. The molecule has 0 aliphatic rings. The first kappa shape index (κ1) is 25.6. The zero-order valence-electron chi connectivity index (χ0n) is 16.4. The van der Waals surface area contributed by atoms with E-state index in [2.05, 4.69) is 14.4 Å². The van der Waals surface area contributed by atoms with Gasteiger partial charge in [0.2, 0.25) is 5.54 Å². The minimum absolute atomic E-state index is 0.00909. The van der Waals surface area contributed by atoms with E-state index in [1.165, 1.54) is 12.3 Å². The summed E-state index contributed by atoms with van der Waals surface area (Å²) in [5.41, 5.74) is -2.38. The molecule has 0 fully saturated rings. The molecule has 2 atom stereocenters. The summed E-state index contributed by atoms with van der Waals surface area (Å²) >= 11 is 0.0627. The van der Waals surface area contributed by atoms with Crippen LogP contribution in [-0.2, 0) is 16.9 Å². The van der Waals surface area contributed by atoms with Gasteiger partial charge in [-0.3, -0.25) is 4.98 Å². The fourth-order valence-corrected chi connectivity index (χ4v) is 3.50. The minimum atomic E-state index is -4.89. The lowest BCUT2D eigenvalue weighted by Gasteiger charge is -2.33. The van der Waals surface area contributed by atoms with Crippen LogP contribution in [0.5, 0.6) is 5.75 Å². The van der Waals surface area contributed by atoms with E-state index in [1.54, 1.807) is 26.8 Å². The Kier molecular flexibility index (Phi) is 7.78. The molecule has 1 N–H and O–H groups in total. The predicted octanol–water partition coefficient (Wildman–Crippen LogP) is 4.88. The highest BCUT2D eigenvalue weighted by molar-refractivity contribution is 14.1. The number of pyridine rings is 1. The molecule has 1 aromatic heterocycles. The summed E-state index contributed by atoms with van der Waals surface area (Å²) in [6.07, 6.45) is -7.65. The van der Waals surface area contributed by atoms with Crippen LogP contribution in [0.2, 0.25) is 0 Å². The van der Waals surface area contributed by atoms with Crippen LogP contribution in [0, 0.1) is 20.7 Å². The summed E-state index contributed by atoms with van der Waals surface area (Å²) in [5.74, 6) is -2.07. The van der Waals surface area contributed by atoms with Crippen molar-refractivity contribution in [1.82, 2.24) is 9.71 Å². The fourth-order valence-electron chi connectivity index (χ4n) is 2.33.